The van der Waals surface area contributed by atoms with Crippen LogP contribution in [0.3, 0.4) is 0 Å². The highest BCUT2D eigenvalue weighted by molar-refractivity contribution is 7.74. The van der Waals surface area contributed by atoms with Gasteiger partial charge in [0.15, 0.2) is 0 Å². The first kappa shape index (κ1) is 28.4. The Morgan fingerprint density at radius 3 is 2.10 bits per heavy atom. The molecule has 1 saturated heterocycles. The number of halogens is 3. The summed E-state index contributed by atoms with van der Waals surface area (Å²) in [6, 6.07) is 15.3. The van der Waals surface area contributed by atoms with Crippen LogP contribution in [0.5, 0.6) is 5.75 Å². The molecule has 0 aliphatic carbocycles. The first-order valence-corrected chi connectivity index (χ1v) is 13.4. The van der Waals surface area contributed by atoms with Gasteiger partial charge in [-0.25, -0.2) is 8.42 Å². The molecular formula is C27H29F3N4O4S. The number of benzene rings is 3. The minimum absolute atomic E-state index is 0.0655. The van der Waals surface area contributed by atoms with E-state index in [1.807, 2.05) is 7.05 Å². The van der Waals surface area contributed by atoms with Gasteiger partial charge in [-0.1, -0.05) is 24.3 Å². The first-order chi connectivity index (χ1) is 18.5. The largest absolute Gasteiger partial charge is 0.506 e. The normalized spacial score (nSPS) is 14.9. The molecule has 2 N–H and O–H groups in total. The SMILES string of the molecule is CN1CCN(CCN(c2cc(NC(=O)c3ccc(-c4ccc(C(F)(F)F)cc4)cc3)ccc2O)[SH](=O)=O)CC1. The Morgan fingerprint density at radius 2 is 1.54 bits per heavy atom. The van der Waals surface area contributed by atoms with Gasteiger partial charge in [-0.3, -0.25) is 14.0 Å². The molecule has 3 aromatic rings. The lowest BCUT2D eigenvalue weighted by molar-refractivity contribution is -0.137. The van der Waals surface area contributed by atoms with E-state index in [-0.39, 0.29) is 18.0 Å². The summed E-state index contributed by atoms with van der Waals surface area (Å²) in [5.41, 5.74) is 1.12. The van der Waals surface area contributed by atoms with E-state index in [1.165, 1.54) is 30.3 Å². The number of hydrogen-bond acceptors (Lipinski definition) is 6. The summed E-state index contributed by atoms with van der Waals surface area (Å²) >= 11 is 0. The molecule has 1 aliphatic rings. The van der Waals surface area contributed by atoms with Crippen LogP contribution < -0.4 is 9.62 Å². The lowest BCUT2D eigenvalue weighted by atomic mass is 10.0. The third kappa shape index (κ3) is 7.28. The summed E-state index contributed by atoms with van der Waals surface area (Å²) in [4.78, 5) is 17.2. The summed E-state index contributed by atoms with van der Waals surface area (Å²) < 4.78 is 63.6. The van der Waals surface area contributed by atoms with Crippen LogP contribution in [0.1, 0.15) is 15.9 Å². The van der Waals surface area contributed by atoms with Gasteiger partial charge in [0, 0.05) is 50.5 Å². The average molecular weight is 563 g/mol. The van der Waals surface area contributed by atoms with E-state index in [4.69, 9.17) is 0 Å². The molecule has 1 amide bonds. The molecule has 3 aromatic carbocycles. The zero-order valence-corrected chi connectivity index (χ0v) is 22.1. The molecule has 0 atom stereocenters. The second-order valence-corrected chi connectivity index (χ2v) is 10.3. The third-order valence-electron chi connectivity index (χ3n) is 6.63. The second kappa shape index (κ2) is 12.1. The van der Waals surface area contributed by atoms with E-state index in [9.17, 15) is 31.5 Å². The molecule has 0 radical (unpaired) electrons. The maximum Gasteiger partial charge on any atom is 0.416 e. The predicted molar refractivity (Wildman–Crippen MR) is 145 cm³/mol. The fraction of sp³-hybridized carbons (Fsp3) is 0.296. The van der Waals surface area contributed by atoms with Gasteiger partial charge in [0.25, 0.3) is 5.91 Å². The number of nitrogens with zero attached hydrogens (tertiary/aromatic N) is 3. The van der Waals surface area contributed by atoms with Crippen LogP contribution in [0.2, 0.25) is 0 Å². The van der Waals surface area contributed by atoms with Crippen molar-refractivity contribution in [1.29, 1.82) is 0 Å². The van der Waals surface area contributed by atoms with E-state index < -0.39 is 28.5 Å². The minimum Gasteiger partial charge on any atom is -0.506 e. The molecule has 0 spiro atoms. The number of carbonyl (C=O) groups is 1. The fourth-order valence-electron chi connectivity index (χ4n) is 4.27. The van der Waals surface area contributed by atoms with Crippen LogP contribution in [0, 0.1) is 0 Å². The number of nitrogens with one attached hydrogen (secondary N) is 1. The van der Waals surface area contributed by atoms with E-state index in [2.05, 4.69) is 15.1 Å². The molecule has 0 aromatic heterocycles. The van der Waals surface area contributed by atoms with Gasteiger partial charge in [0.1, 0.15) is 5.75 Å². The van der Waals surface area contributed by atoms with Crippen molar-refractivity contribution in [1.82, 2.24) is 9.80 Å². The Kier molecular flexibility index (Phi) is 8.78. The maximum absolute atomic E-state index is 12.8. The number of rotatable bonds is 8. The number of anilines is 2. The highest BCUT2D eigenvalue weighted by Gasteiger charge is 2.30. The van der Waals surface area contributed by atoms with Crippen LogP contribution in [-0.4, -0.2) is 75.5 Å². The van der Waals surface area contributed by atoms with Crippen molar-refractivity contribution in [3.05, 3.63) is 77.9 Å². The van der Waals surface area contributed by atoms with Crippen LogP contribution in [0.25, 0.3) is 11.1 Å². The zero-order chi connectivity index (χ0) is 28.2. The molecule has 0 bridgehead atoms. The summed E-state index contributed by atoms with van der Waals surface area (Å²) in [6.07, 6.45) is -4.42. The lowest BCUT2D eigenvalue weighted by Gasteiger charge is -2.33. The molecule has 4 rings (SSSR count). The number of phenolic OH excluding ortho intramolecular Hbond substituents is 1. The van der Waals surface area contributed by atoms with Crippen LogP contribution in [-0.2, 0) is 17.1 Å². The van der Waals surface area contributed by atoms with Gasteiger partial charge >= 0.3 is 6.18 Å². The van der Waals surface area contributed by atoms with E-state index in [1.54, 1.807) is 24.3 Å². The van der Waals surface area contributed by atoms with Crippen LogP contribution in [0.4, 0.5) is 24.5 Å². The molecule has 0 unspecified atom stereocenters. The minimum atomic E-state index is -4.42. The van der Waals surface area contributed by atoms with Crippen molar-refractivity contribution >= 4 is 28.2 Å². The van der Waals surface area contributed by atoms with Gasteiger partial charge in [-0.2, -0.15) is 13.2 Å². The number of hydrogen-bond donors (Lipinski definition) is 3. The summed E-state index contributed by atoms with van der Waals surface area (Å²) in [5.74, 6) is -0.701. The Balaban J connectivity index is 1.44. The molecule has 39 heavy (non-hydrogen) atoms. The second-order valence-electron chi connectivity index (χ2n) is 9.32. The van der Waals surface area contributed by atoms with E-state index >= 15 is 0 Å². The number of amides is 1. The number of likely N-dealkylation sites (N-methyl/N-ethyl adjacent to an activating group) is 1. The van der Waals surface area contributed by atoms with E-state index in [0.717, 1.165) is 42.6 Å². The van der Waals surface area contributed by atoms with Crippen molar-refractivity contribution < 1.29 is 31.5 Å². The third-order valence-corrected chi connectivity index (χ3v) is 7.43. The quantitative estimate of drug-likeness (QED) is 0.285. The van der Waals surface area contributed by atoms with Gasteiger partial charge in [-0.15, -0.1) is 0 Å². The van der Waals surface area contributed by atoms with Gasteiger partial charge in [0.2, 0.25) is 10.9 Å². The number of thiol groups is 1. The van der Waals surface area contributed by atoms with Crippen LogP contribution in [0.15, 0.2) is 66.7 Å². The number of aromatic hydroxyl groups is 1. The maximum atomic E-state index is 12.8. The highest BCUT2D eigenvalue weighted by atomic mass is 32.2. The smallest absolute Gasteiger partial charge is 0.416 e. The average Bonchev–Trinajstić information content (AvgIpc) is 2.91. The van der Waals surface area contributed by atoms with Crippen LogP contribution >= 0.6 is 0 Å². The van der Waals surface area contributed by atoms with Gasteiger partial charge < -0.3 is 15.3 Å². The summed E-state index contributed by atoms with van der Waals surface area (Å²) in [5, 5.41) is 13.1. The summed E-state index contributed by atoms with van der Waals surface area (Å²) in [6.45, 7) is 4.07. The Bertz CT molecular complexity index is 1360. The van der Waals surface area contributed by atoms with E-state index in [0.29, 0.717) is 28.9 Å². The Morgan fingerprint density at radius 1 is 0.949 bits per heavy atom. The Labute approximate surface area is 226 Å². The molecule has 208 valence electrons. The molecule has 1 fully saturated rings. The molecular weight excluding hydrogens is 533 g/mol. The molecule has 8 nitrogen and oxygen atoms in total. The monoisotopic (exact) mass is 562 g/mol. The van der Waals surface area contributed by atoms with Crippen molar-refractivity contribution in [2.45, 2.75) is 6.18 Å². The zero-order valence-electron chi connectivity index (χ0n) is 21.2. The van der Waals surface area contributed by atoms with Crippen molar-refractivity contribution in [2.24, 2.45) is 0 Å². The molecule has 1 aliphatic heterocycles. The van der Waals surface area contributed by atoms with Crippen molar-refractivity contribution in [2.75, 3.05) is 55.9 Å². The predicted octanol–water partition coefficient (Wildman–Crippen LogP) is 3.91. The number of piperazine rings is 1. The fourth-order valence-corrected chi connectivity index (χ4v) is 4.86. The highest BCUT2D eigenvalue weighted by Crippen LogP contribution is 2.32. The first-order valence-electron chi connectivity index (χ1n) is 12.3. The molecule has 0 saturated carbocycles. The Hall–Kier alpha value is -3.61. The van der Waals surface area contributed by atoms with Crippen molar-refractivity contribution in [3.63, 3.8) is 0 Å². The summed E-state index contributed by atoms with van der Waals surface area (Å²) in [7, 11) is -1.01. The topological polar surface area (TPSA) is 93.2 Å². The number of phenols is 1. The molecule has 1 heterocycles. The van der Waals surface area contributed by atoms with Gasteiger partial charge in [0.05, 0.1) is 11.3 Å². The number of carbonyl (C=O) groups excluding carboxylic acids is 1. The van der Waals surface area contributed by atoms with Crippen molar-refractivity contribution in [3.8, 4) is 16.9 Å². The standard InChI is InChI=1S/C27H29F3N4O4S/c1-32-12-14-33(15-13-32)16-17-34(39(37)38)24-18-23(10-11-25(24)35)31-26(36)21-4-2-19(3-5-21)20-6-8-22(9-7-20)27(28,29)30/h2-11,18,35,39H,12-17H2,1H3,(H,31,36). The van der Waals surface area contributed by atoms with Gasteiger partial charge in [-0.05, 0) is 60.6 Å². The number of alkyl halides is 3. The molecule has 12 heteroatoms. The lowest BCUT2D eigenvalue weighted by Crippen LogP contribution is -2.46.